The van der Waals surface area contributed by atoms with Crippen molar-refractivity contribution in [3.05, 3.63) is 90.0 Å². The van der Waals surface area contributed by atoms with Gasteiger partial charge >= 0.3 is 0 Å². The predicted molar refractivity (Wildman–Crippen MR) is 132 cm³/mol. The highest BCUT2D eigenvalue weighted by Crippen LogP contribution is 2.39. The number of benzene rings is 3. The lowest BCUT2D eigenvalue weighted by atomic mass is 10.1. The monoisotopic (exact) mass is 479 g/mol. The molecule has 0 spiro atoms. The molecule has 0 saturated carbocycles. The molecule has 0 aromatic heterocycles. The van der Waals surface area contributed by atoms with Gasteiger partial charge in [0.25, 0.3) is 5.91 Å². The van der Waals surface area contributed by atoms with Crippen LogP contribution in [0.5, 0.6) is 5.75 Å². The topological polar surface area (TPSA) is 87.7 Å². The lowest BCUT2D eigenvalue weighted by molar-refractivity contribution is -0.123. The Morgan fingerprint density at radius 1 is 1.00 bits per heavy atom. The maximum Gasteiger partial charge on any atom is 0.257 e. The number of ether oxygens (including phenoxy) is 1. The molecule has 178 valence electrons. The van der Waals surface area contributed by atoms with E-state index in [2.05, 4.69) is 10.6 Å². The molecule has 0 aliphatic carbocycles. The molecule has 1 heterocycles. The number of para-hydroxylation sites is 1. The van der Waals surface area contributed by atoms with Crippen LogP contribution in [-0.4, -0.2) is 31.8 Å². The molecule has 0 bridgehead atoms. The van der Waals surface area contributed by atoms with Gasteiger partial charge in [-0.25, -0.2) is 8.42 Å². The summed E-state index contributed by atoms with van der Waals surface area (Å²) in [5.41, 5.74) is 2.23. The molecule has 34 heavy (non-hydrogen) atoms. The van der Waals surface area contributed by atoms with Crippen LogP contribution in [0.4, 0.5) is 5.69 Å². The molecule has 1 aliphatic heterocycles. The summed E-state index contributed by atoms with van der Waals surface area (Å²) >= 11 is 0. The molecule has 8 heteroatoms. The normalized spacial score (nSPS) is 17.0. The van der Waals surface area contributed by atoms with Gasteiger partial charge in [0.1, 0.15) is 16.8 Å². The van der Waals surface area contributed by atoms with E-state index >= 15 is 0 Å². The minimum absolute atomic E-state index is 0.0738. The summed E-state index contributed by atoms with van der Waals surface area (Å²) in [6, 6.07) is 23.6. The van der Waals surface area contributed by atoms with E-state index in [0.717, 1.165) is 11.1 Å². The standard InChI is InChI=1S/C26H29N3O4S/c1-19(2)16-27-25(30)18-33-22-14-12-21(13-15-22)26-28-23-10-6-7-11-24(23)34(31,32)29(26)17-20-8-4-3-5-9-20/h3-15,19,26,28H,16-18H2,1-2H3,(H,27,30)/t26-/m1/s1. The van der Waals surface area contributed by atoms with Gasteiger partial charge in [-0.05, 0) is 41.3 Å². The number of fused-ring (bicyclic) bond motifs is 1. The molecule has 1 amide bonds. The van der Waals surface area contributed by atoms with Crippen LogP contribution >= 0.6 is 0 Å². The summed E-state index contributed by atoms with van der Waals surface area (Å²) in [6.45, 7) is 4.80. The largest absolute Gasteiger partial charge is 0.484 e. The fraction of sp³-hybridized carbons (Fsp3) is 0.269. The second-order valence-electron chi connectivity index (χ2n) is 8.63. The highest BCUT2D eigenvalue weighted by molar-refractivity contribution is 7.89. The maximum absolute atomic E-state index is 13.6. The molecule has 3 aromatic rings. The van der Waals surface area contributed by atoms with Crippen molar-refractivity contribution in [3.63, 3.8) is 0 Å². The van der Waals surface area contributed by atoms with E-state index in [0.29, 0.717) is 23.9 Å². The van der Waals surface area contributed by atoms with Crippen LogP contribution in [-0.2, 0) is 21.4 Å². The van der Waals surface area contributed by atoms with Crippen LogP contribution in [0.25, 0.3) is 0 Å². The Balaban J connectivity index is 1.56. The zero-order valence-electron chi connectivity index (χ0n) is 19.3. The van der Waals surface area contributed by atoms with E-state index in [1.54, 1.807) is 30.3 Å². The molecular formula is C26H29N3O4S. The van der Waals surface area contributed by atoms with Crippen molar-refractivity contribution < 1.29 is 17.9 Å². The first kappa shape index (κ1) is 23.8. The molecule has 7 nitrogen and oxygen atoms in total. The zero-order chi connectivity index (χ0) is 24.1. The average Bonchev–Trinajstić information content (AvgIpc) is 2.84. The summed E-state index contributed by atoms with van der Waals surface area (Å²) in [4.78, 5) is 12.2. The molecule has 1 atom stereocenters. The van der Waals surface area contributed by atoms with Gasteiger partial charge in [-0.2, -0.15) is 4.31 Å². The van der Waals surface area contributed by atoms with Crippen molar-refractivity contribution in [2.75, 3.05) is 18.5 Å². The Labute approximate surface area is 200 Å². The number of hydrogen-bond acceptors (Lipinski definition) is 5. The van der Waals surface area contributed by atoms with Crippen LogP contribution in [0.3, 0.4) is 0 Å². The van der Waals surface area contributed by atoms with Gasteiger partial charge in [0.15, 0.2) is 6.61 Å². The SMILES string of the molecule is CC(C)CNC(=O)COc1ccc([C@@H]2Nc3ccccc3S(=O)(=O)N2Cc2ccccc2)cc1. The molecule has 0 radical (unpaired) electrons. The summed E-state index contributed by atoms with van der Waals surface area (Å²) in [5, 5.41) is 6.19. The molecule has 4 rings (SSSR count). The number of anilines is 1. The van der Waals surface area contributed by atoms with Crippen molar-refractivity contribution in [2.24, 2.45) is 5.92 Å². The Bertz CT molecular complexity index is 1230. The smallest absolute Gasteiger partial charge is 0.257 e. The Hall–Kier alpha value is -3.36. The van der Waals surface area contributed by atoms with Crippen molar-refractivity contribution in [1.82, 2.24) is 9.62 Å². The van der Waals surface area contributed by atoms with Crippen LogP contribution in [0.1, 0.15) is 31.1 Å². The highest BCUT2D eigenvalue weighted by Gasteiger charge is 2.38. The fourth-order valence-electron chi connectivity index (χ4n) is 3.75. The Kier molecular flexibility index (Phi) is 7.19. The number of carbonyl (C=O) groups excluding carboxylic acids is 1. The first-order valence-electron chi connectivity index (χ1n) is 11.3. The van der Waals surface area contributed by atoms with Gasteiger partial charge in [0.05, 0.1) is 5.69 Å². The third-order valence-corrected chi connectivity index (χ3v) is 7.38. The first-order valence-corrected chi connectivity index (χ1v) is 12.7. The van der Waals surface area contributed by atoms with E-state index in [1.165, 1.54) is 4.31 Å². The van der Waals surface area contributed by atoms with Gasteiger partial charge < -0.3 is 15.4 Å². The van der Waals surface area contributed by atoms with E-state index in [4.69, 9.17) is 4.74 Å². The molecule has 2 N–H and O–H groups in total. The lowest BCUT2D eigenvalue weighted by Gasteiger charge is -2.37. The van der Waals surface area contributed by atoms with Gasteiger partial charge in [-0.15, -0.1) is 0 Å². The van der Waals surface area contributed by atoms with Crippen LogP contribution in [0.15, 0.2) is 83.8 Å². The van der Waals surface area contributed by atoms with Gasteiger partial charge in [-0.3, -0.25) is 4.79 Å². The number of nitrogens with zero attached hydrogens (tertiary/aromatic N) is 1. The highest BCUT2D eigenvalue weighted by atomic mass is 32.2. The second-order valence-corrected chi connectivity index (χ2v) is 10.5. The molecule has 3 aromatic carbocycles. The number of carbonyl (C=O) groups is 1. The number of sulfonamides is 1. The van der Waals surface area contributed by atoms with Crippen molar-refractivity contribution >= 4 is 21.6 Å². The van der Waals surface area contributed by atoms with Crippen LogP contribution in [0, 0.1) is 5.92 Å². The summed E-state index contributed by atoms with van der Waals surface area (Å²) in [5.74, 6) is 0.729. The number of amides is 1. The minimum Gasteiger partial charge on any atom is -0.484 e. The number of rotatable bonds is 8. The molecule has 0 saturated heterocycles. The quantitative estimate of drug-likeness (QED) is 0.507. The predicted octanol–water partition coefficient (Wildman–Crippen LogP) is 4.15. The van der Waals surface area contributed by atoms with E-state index in [-0.39, 0.29) is 24.0 Å². The van der Waals surface area contributed by atoms with E-state index in [9.17, 15) is 13.2 Å². The van der Waals surface area contributed by atoms with E-state index in [1.807, 2.05) is 62.4 Å². The summed E-state index contributed by atoms with van der Waals surface area (Å²) in [7, 11) is -3.74. The molecule has 1 aliphatic rings. The second kappa shape index (κ2) is 10.3. The number of hydrogen-bond donors (Lipinski definition) is 2. The fourth-order valence-corrected chi connectivity index (χ4v) is 5.43. The summed E-state index contributed by atoms with van der Waals surface area (Å²) < 4.78 is 34.2. The summed E-state index contributed by atoms with van der Waals surface area (Å²) in [6.07, 6.45) is -0.594. The average molecular weight is 480 g/mol. The molecule has 0 fully saturated rings. The van der Waals surface area contributed by atoms with Gasteiger partial charge in [0, 0.05) is 13.1 Å². The maximum atomic E-state index is 13.6. The van der Waals surface area contributed by atoms with E-state index < -0.39 is 16.2 Å². The zero-order valence-corrected chi connectivity index (χ0v) is 20.1. The van der Waals surface area contributed by atoms with Crippen LogP contribution < -0.4 is 15.4 Å². The Morgan fingerprint density at radius 3 is 2.38 bits per heavy atom. The molecule has 0 unspecified atom stereocenters. The van der Waals surface area contributed by atoms with Crippen molar-refractivity contribution in [2.45, 2.75) is 31.5 Å². The third-order valence-electron chi connectivity index (χ3n) is 5.51. The minimum atomic E-state index is -3.74. The first-order chi connectivity index (χ1) is 16.3. The van der Waals surface area contributed by atoms with Crippen molar-refractivity contribution in [1.29, 1.82) is 0 Å². The Morgan fingerprint density at radius 2 is 1.68 bits per heavy atom. The van der Waals surface area contributed by atoms with Gasteiger partial charge in [-0.1, -0.05) is 68.4 Å². The third kappa shape index (κ3) is 5.40. The van der Waals surface area contributed by atoms with Gasteiger partial charge in [0.2, 0.25) is 10.0 Å². The lowest BCUT2D eigenvalue weighted by Crippen LogP contribution is -2.42. The van der Waals surface area contributed by atoms with Crippen LogP contribution in [0.2, 0.25) is 0 Å². The molecular weight excluding hydrogens is 450 g/mol. The van der Waals surface area contributed by atoms with Crippen molar-refractivity contribution in [3.8, 4) is 5.75 Å². The number of nitrogens with one attached hydrogen (secondary N) is 2.